The van der Waals surface area contributed by atoms with Gasteiger partial charge < -0.3 is 5.73 Å². The summed E-state index contributed by atoms with van der Waals surface area (Å²) in [6.45, 7) is 0. The molecule has 0 saturated heterocycles. The maximum atomic E-state index is 6.07. The summed E-state index contributed by atoms with van der Waals surface area (Å²) >= 11 is 0. The first-order valence-electron chi connectivity index (χ1n) is 6.54. The molecule has 1 aromatic heterocycles. The molecule has 4 bridgehead atoms. The summed E-state index contributed by atoms with van der Waals surface area (Å²) in [5, 5.41) is 7.32. The number of anilines is 1. The summed E-state index contributed by atoms with van der Waals surface area (Å²) < 4.78 is 0. The van der Waals surface area contributed by atoms with Gasteiger partial charge in [0.1, 0.15) is 0 Å². The van der Waals surface area contributed by atoms with E-state index in [4.69, 9.17) is 5.73 Å². The monoisotopic (exact) mass is 217 g/mol. The lowest BCUT2D eigenvalue weighted by molar-refractivity contribution is -0.00686. The Bertz CT molecular complexity index is 385. The van der Waals surface area contributed by atoms with E-state index in [1.165, 1.54) is 44.2 Å². The summed E-state index contributed by atoms with van der Waals surface area (Å²) in [5.74, 6) is 2.90. The Morgan fingerprint density at radius 2 is 1.69 bits per heavy atom. The predicted molar refractivity (Wildman–Crippen MR) is 62.9 cm³/mol. The van der Waals surface area contributed by atoms with Crippen molar-refractivity contribution in [2.45, 2.75) is 43.9 Å². The lowest BCUT2D eigenvalue weighted by Crippen LogP contribution is -2.49. The van der Waals surface area contributed by atoms with Gasteiger partial charge in [0.05, 0.1) is 17.6 Å². The second-order valence-electron chi connectivity index (χ2n) is 6.40. The van der Waals surface area contributed by atoms with Crippen LogP contribution in [0.4, 0.5) is 5.69 Å². The molecule has 0 amide bonds. The van der Waals surface area contributed by atoms with Crippen molar-refractivity contribution in [2.24, 2.45) is 17.8 Å². The fraction of sp³-hybridized carbons (Fsp3) is 0.769. The van der Waals surface area contributed by atoms with E-state index in [1.54, 1.807) is 6.20 Å². The van der Waals surface area contributed by atoms with Gasteiger partial charge in [0, 0.05) is 5.41 Å². The van der Waals surface area contributed by atoms with Crippen LogP contribution in [-0.4, -0.2) is 10.2 Å². The van der Waals surface area contributed by atoms with Gasteiger partial charge in [0.15, 0.2) is 0 Å². The van der Waals surface area contributed by atoms with Crippen LogP contribution in [0.3, 0.4) is 0 Å². The second kappa shape index (κ2) is 2.82. The van der Waals surface area contributed by atoms with E-state index in [0.717, 1.165) is 23.4 Å². The predicted octanol–water partition coefficient (Wildman–Crippen LogP) is 2.46. The molecular formula is C13H19N3. The number of hydrogen-bond donors (Lipinski definition) is 2. The van der Waals surface area contributed by atoms with Crippen LogP contribution >= 0.6 is 0 Å². The van der Waals surface area contributed by atoms with Gasteiger partial charge in [-0.1, -0.05) is 0 Å². The van der Waals surface area contributed by atoms with Gasteiger partial charge in [0.2, 0.25) is 0 Å². The van der Waals surface area contributed by atoms with Gasteiger partial charge in [-0.25, -0.2) is 0 Å². The zero-order valence-electron chi connectivity index (χ0n) is 9.58. The molecule has 0 atom stereocenters. The summed E-state index contributed by atoms with van der Waals surface area (Å²) in [5.41, 5.74) is 8.59. The largest absolute Gasteiger partial charge is 0.396 e. The first-order valence-corrected chi connectivity index (χ1v) is 6.54. The highest BCUT2D eigenvalue weighted by Crippen LogP contribution is 2.60. The highest BCUT2D eigenvalue weighted by molar-refractivity contribution is 5.46. The van der Waals surface area contributed by atoms with Gasteiger partial charge in [0.25, 0.3) is 0 Å². The van der Waals surface area contributed by atoms with Crippen molar-refractivity contribution in [3.05, 3.63) is 11.9 Å². The minimum Gasteiger partial charge on any atom is -0.396 e. The van der Waals surface area contributed by atoms with Crippen LogP contribution in [0, 0.1) is 17.8 Å². The third-order valence-electron chi connectivity index (χ3n) is 5.24. The van der Waals surface area contributed by atoms with Crippen LogP contribution in [-0.2, 0) is 5.41 Å². The SMILES string of the molecule is Nc1cn[nH]c1C12CC3CC(CC(C3)C1)C2. The van der Waals surface area contributed by atoms with Gasteiger partial charge in [-0.15, -0.1) is 0 Å². The number of aromatic nitrogens is 2. The standard InChI is InChI=1S/C13H19N3/c14-11-7-15-16-12(11)13-4-8-1-9(5-13)3-10(2-8)6-13/h7-10H,1-6,14H2,(H,15,16). The Hall–Kier alpha value is -0.990. The minimum absolute atomic E-state index is 0.370. The molecule has 4 saturated carbocycles. The van der Waals surface area contributed by atoms with Crippen LogP contribution < -0.4 is 5.73 Å². The van der Waals surface area contributed by atoms with Crippen LogP contribution in [0.15, 0.2) is 6.20 Å². The molecule has 86 valence electrons. The molecule has 1 heterocycles. The average molecular weight is 217 g/mol. The minimum atomic E-state index is 0.370. The van der Waals surface area contributed by atoms with Crippen molar-refractivity contribution in [1.29, 1.82) is 0 Å². The lowest BCUT2D eigenvalue weighted by atomic mass is 9.48. The van der Waals surface area contributed by atoms with E-state index in [1.807, 2.05) is 0 Å². The Morgan fingerprint density at radius 1 is 1.12 bits per heavy atom. The van der Waals surface area contributed by atoms with Crippen molar-refractivity contribution < 1.29 is 0 Å². The van der Waals surface area contributed by atoms with Crippen molar-refractivity contribution in [3.8, 4) is 0 Å². The molecule has 4 aliphatic carbocycles. The normalized spacial score (nSPS) is 45.1. The quantitative estimate of drug-likeness (QED) is 0.759. The van der Waals surface area contributed by atoms with Crippen LogP contribution in [0.1, 0.15) is 44.2 Å². The third kappa shape index (κ3) is 1.06. The van der Waals surface area contributed by atoms with Crippen LogP contribution in [0.5, 0.6) is 0 Å². The highest BCUT2D eigenvalue weighted by Gasteiger charge is 2.52. The molecule has 1 aromatic rings. The van der Waals surface area contributed by atoms with E-state index >= 15 is 0 Å². The number of nitrogens with one attached hydrogen (secondary N) is 1. The van der Waals surface area contributed by atoms with E-state index in [-0.39, 0.29) is 0 Å². The maximum absolute atomic E-state index is 6.07. The van der Waals surface area contributed by atoms with Gasteiger partial charge in [-0.05, 0) is 56.3 Å². The number of nitrogen functional groups attached to an aromatic ring is 1. The van der Waals surface area contributed by atoms with Crippen molar-refractivity contribution in [2.75, 3.05) is 5.73 Å². The van der Waals surface area contributed by atoms with Gasteiger partial charge in [-0.2, -0.15) is 5.10 Å². The summed E-state index contributed by atoms with van der Waals surface area (Å²) in [6.07, 6.45) is 10.3. The van der Waals surface area contributed by atoms with Gasteiger partial charge in [-0.3, -0.25) is 5.10 Å². The second-order valence-corrected chi connectivity index (χ2v) is 6.40. The summed E-state index contributed by atoms with van der Waals surface area (Å²) in [7, 11) is 0. The molecule has 4 fully saturated rings. The van der Waals surface area contributed by atoms with E-state index < -0.39 is 0 Å². The molecule has 3 heteroatoms. The van der Waals surface area contributed by atoms with Crippen molar-refractivity contribution in [1.82, 2.24) is 10.2 Å². The van der Waals surface area contributed by atoms with Crippen LogP contribution in [0.2, 0.25) is 0 Å². The molecule has 5 rings (SSSR count). The number of aromatic amines is 1. The molecule has 4 aliphatic rings. The zero-order valence-corrected chi connectivity index (χ0v) is 9.58. The van der Waals surface area contributed by atoms with Crippen molar-refractivity contribution in [3.63, 3.8) is 0 Å². The number of rotatable bonds is 1. The number of hydrogen-bond acceptors (Lipinski definition) is 2. The molecule has 0 aliphatic heterocycles. The number of nitrogens with two attached hydrogens (primary N) is 1. The third-order valence-corrected chi connectivity index (χ3v) is 5.24. The Morgan fingerprint density at radius 3 is 2.12 bits per heavy atom. The Balaban J connectivity index is 1.79. The summed E-state index contributed by atoms with van der Waals surface area (Å²) in [4.78, 5) is 0. The highest BCUT2D eigenvalue weighted by atomic mass is 15.1. The summed E-state index contributed by atoms with van der Waals surface area (Å²) in [6, 6.07) is 0. The maximum Gasteiger partial charge on any atom is 0.0736 e. The molecule has 0 aromatic carbocycles. The number of H-pyrrole nitrogens is 1. The Labute approximate surface area is 95.8 Å². The topological polar surface area (TPSA) is 54.7 Å². The van der Waals surface area contributed by atoms with E-state index in [9.17, 15) is 0 Å². The smallest absolute Gasteiger partial charge is 0.0736 e. The van der Waals surface area contributed by atoms with E-state index in [0.29, 0.717) is 5.41 Å². The molecule has 0 spiro atoms. The fourth-order valence-corrected chi connectivity index (χ4v) is 5.14. The zero-order chi connectivity index (χ0) is 10.8. The molecule has 3 N–H and O–H groups in total. The van der Waals surface area contributed by atoms with Gasteiger partial charge >= 0.3 is 0 Å². The molecular weight excluding hydrogens is 198 g/mol. The van der Waals surface area contributed by atoms with E-state index in [2.05, 4.69) is 10.2 Å². The molecule has 0 unspecified atom stereocenters. The molecule has 16 heavy (non-hydrogen) atoms. The fourth-order valence-electron chi connectivity index (χ4n) is 5.14. The average Bonchev–Trinajstić information content (AvgIpc) is 2.62. The van der Waals surface area contributed by atoms with Crippen LogP contribution in [0.25, 0.3) is 0 Å². The first-order chi connectivity index (χ1) is 7.75. The molecule has 0 radical (unpaired) electrons. The Kier molecular flexibility index (Phi) is 1.60. The van der Waals surface area contributed by atoms with Crippen molar-refractivity contribution >= 4 is 5.69 Å². The lowest BCUT2D eigenvalue weighted by Gasteiger charge is -2.56. The first kappa shape index (κ1) is 9.08. The molecule has 3 nitrogen and oxygen atoms in total. The number of nitrogens with zero attached hydrogens (tertiary/aromatic N) is 1.